The minimum atomic E-state index is -3.77. The Bertz CT molecular complexity index is 912. The number of amides is 1. The van der Waals surface area contributed by atoms with Crippen LogP contribution in [0.4, 0.5) is 5.69 Å². The maximum Gasteiger partial charge on any atom is 0.304 e. The Labute approximate surface area is 179 Å². The van der Waals surface area contributed by atoms with Crippen LogP contribution >= 0.6 is 0 Å². The molecule has 0 bridgehead atoms. The maximum absolute atomic E-state index is 12.7. The van der Waals surface area contributed by atoms with Crippen LogP contribution in [-0.2, 0) is 21.5 Å². The minimum absolute atomic E-state index is 0.0595. The van der Waals surface area contributed by atoms with Crippen molar-refractivity contribution in [3.8, 4) is 0 Å². The first kappa shape index (κ1) is 22.3. The molecule has 1 saturated heterocycles. The lowest BCUT2D eigenvalue weighted by molar-refractivity contribution is -0.120. The molecule has 2 aromatic carbocycles. The largest absolute Gasteiger partial charge is 0.352 e. The van der Waals surface area contributed by atoms with Gasteiger partial charge in [-0.2, -0.15) is 12.7 Å². The Kier molecular flexibility index (Phi) is 7.47. The first-order valence-corrected chi connectivity index (χ1v) is 11.6. The zero-order valence-electron chi connectivity index (χ0n) is 17.6. The van der Waals surface area contributed by atoms with Crippen molar-refractivity contribution < 1.29 is 13.2 Å². The number of carbonyl (C=O) groups is 1. The van der Waals surface area contributed by atoms with Gasteiger partial charge < -0.3 is 5.32 Å². The highest BCUT2D eigenvalue weighted by Gasteiger charge is 2.28. The van der Waals surface area contributed by atoms with Crippen molar-refractivity contribution in [1.82, 2.24) is 14.5 Å². The van der Waals surface area contributed by atoms with Crippen molar-refractivity contribution in [2.45, 2.75) is 25.4 Å². The topological polar surface area (TPSA) is 73.0 Å². The van der Waals surface area contributed by atoms with Crippen LogP contribution in [0.15, 0.2) is 60.7 Å². The van der Waals surface area contributed by atoms with Gasteiger partial charge in [0.25, 0.3) is 0 Å². The second-order valence-electron chi connectivity index (χ2n) is 7.74. The van der Waals surface area contributed by atoms with Crippen LogP contribution in [0.2, 0.25) is 0 Å². The van der Waals surface area contributed by atoms with Gasteiger partial charge in [-0.1, -0.05) is 48.5 Å². The molecule has 162 valence electrons. The fourth-order valence-corrected chi connectivity index (χ4v) is 4.64. The van der Waals surface area contributed by atoms with E-state index in [4.69, 9.17) is 0 Å². The molecule has 1 N–H and O–H groups in total. The van der Waals surface area contributed by atoms with Crippen LogP contribution in [-0.4, -0.2) is 63.3 Å². The van der Waals surface area contributed by atoms with E-state index in [0.29, 0.717) is 5.69 Å². The Morgan fingerprint density at radius 3 is 2.13 bits per heavy atom. The zero-order valence-corrected chi connectivity index (χ0v) is 18.4. The summed E-state index contributed by atoms with van der Waals surface area (Å²) in [6.07, 6.45) is 1.70. The highest BCUT2D eigenvalue weighted by Crippen LogP contribution is 2.19. The van der Waals surface area contributed by atoms with Crippen molar-refractivity contribution >= 4 is 21.8 Å². The van der Waals surface area contributed by atoms with Gasteiger partial charge in [0, 0.05) is 39.8 Å². The Balaban J connectivity index is 1.56. The lowest BCUT2D eigenvalue weighted by Gasteiger charge is -2.33. The van der Waals surface area contributed by atoms with E-state index < -0.39 is 10.2 Å². The highest BCUT2D eigenvalue weighted by molar-refractivity contribution is 7.90. The summed E-state index contributed by atoms with van der Waals surface area (Å²) in [5.74, 6) is -0.286. The third-order valence-corrected chi connectivity index (χ3v) is 7.09. The number of anilines is 1. The molecule has 1 fully saturated rings. The van der Waals surface area contributed by atoms with Gasteiger partial charge in [-0.3, -0.25) is 9.69 Å². The highest BCUT2D eigenvalue weighted by atomic mass is 32.2. The van der Waals surface area contributed by atoms with Gasteiger partial charge in [-0.15, -0.1) is 0 Å². The fraction of sp³-hybridized carbons (Fsp3) is 0.409. The normalized spacial score (nSPS) is 15.8. The summed E-state index contributed by atoms with van der Waals surface area (Å²) < 4.78 is 27.7. The second-order valence-corrected chi connectivity index (χ2v) is 9.80. The van der Waals surface area contributed by atoms with E-state index >= 15 is 0 Å². The van der Waals surface area contributed by atoms with Crippen LogP contribution in [0.25, 0.3) is 0 Å². The number of para-hydroxylation sites is 1. The lowest BCUT2D eigenvalue weighted by Crippen LogP contribution is -2.50. The number of nitrogens with one attached hydrogen (secondary N) is 1. The molecule has 1 aliphatic rings. The van der Waals surface area contributed by atoms with Crippen LogP contribution < -0.4 is 9.62 Å². The third-order valence-electron chi connectivity index (χ3n) is 5.27. The molecule has 0 unspecified atom stereocenters. The van der Waals surface area contributed by atoms with E-state index in [1.165, 1.54) is 19.7 Å². The average Bonchev–Trinajstić information content (AvgIpc) is 2.74. The molecule has 30 heavy (non-hydrogen) atoms. The Morgan fingerprint density at radius 1 is 1.00 bits per heavy atom. The minimum Gasteiger partial charge on any atom is -0.352 e. The molecule has 7 nitrogen and oxygen atoms in total. The first-order valence-electron chi connectivity index (χ1n) is 10.2. The molecule has 3 rings (SSSR count). The lowest BCUT2D eigenvalue weighted by atomic mass is 10.0. The molecule has 0 atom stereocenters. The van der Waals surface area contributed by atoms with Crippen molar-refractivity contribution in [3.05, 3.63) is 66.2 Å². The molecule has 8 heteroatoms. The number of likely N-dealkylation sites (tertiary alicyclic amines) is 1. The fourth-order valence-electron chi connectivity index (χ4n) is 3.58. The van der Waals surface area contributed by atoms with E-state index in [0.717, 1.165) is 41.1 Å². The van der Waals surface area contributed by atoms with Gasteiger partial charge in [0.15, 0.2) is 0 Å². The molecular weight excluding hydrogens is 400 g/mol. The molecule has 0 aromatic heterocycles. The predicted molar refractivity (Wildman–Crippen MR) is 119 cm³/mol. The van der Waals surface area contributed by atoms with Gasteiger partial charge >= 0.3 is 10.2 Å². The predicted octanol–water partition coefficient (Wildman–Crippen LogP) is 2.08. The number of rotatable bonds is 8. The first-order chi connectivity index (χ1) is 14.4. The molecule has 2 aromatic rings. The zero-order chi connectivity index (χ0) is 21.6. The van der Waals surface area contributed by atoms with Crippen LogP contribution in [0.1, 0.15) is 18.4 Å². The standard InChI is InChI=1S/C22H30N4O3S/c1-24(2)30(28,29)26(21-11-7-4-8-12-21)18-22(27)23-20-13-15-25(16-14-20)17-19-9-5-3-6-10-19/h3-12,20H,13-18H2,1-2H3,(H,23,27). The monoisotopic (exact) mass is 430 g/mol. The van der Waals surface area contributed by atoms with Crippen LogP contribution in [0.5, 0.6) is 0 Å². The maximum atomic E-state index is 12.7. The van der Waals surface area contributed by atoms with E-state index in [1.54, 1.807) is 24.3 Å². The van der Waals surface area contributed by atoms with Gasteiger partial charge in [0.1, 0.15) is 6.54 Å². The number of carbonyl (C=O) groups excluding carboxylic acids is 1. The molecule has 0 radical (unpaired) electrons. The summed E-state index contributed by atoms with van der Waals surface area (Å²) in [4.78, 5) is 15.1. The molecule has 1 heterocycles. The molecule has 1 amide bonds. The van der Waals surface area contributed by atoms with E-state index in [2.05, 4.69) is 22.3 Å². The molecule has 0 saturated carbocycles. The average molecular weight is 431 g/mol. The van der Waals surface area contributed by atoms with E-state index in [9.17, 15) is 13.2 Å². The summed E-state index contributed by atoms with van der Waals surface area (Å²) in [6, 6.07) is 19.1. The summed E-state index contributed by atoms with van der Waals surface area (Å²) >= 11 is 0. The van der Waals surface area contributed by atoms with Crippen molar-refractivity contribution in [2.24, 2.45) is 0 Å². The third kappa shape index (κ3) is 5.81. The quantitative estimate of drug-likeness (QED) is 0.696. The number of benzene rings is 2. The smallest absolute Gasteiger partial charge is 0.304 e. The summed E-state index contributed by atoms with van der Waals surface area (Å²) in [7, 11) is -0.846. The van der Waals surface area contributed by atoms with Gasteiger partial charge in [0.05, 0.1) is 5.69 Å². The summed E-state index contributed by atoms with van der Waals surface area (Å²) in [5.41, 5.74) is 1.76. The number of nitrogens with zero attached hydrogens (tertiary/aromatic N) is 3. The SMILES string of the molecule is CN(C)S(=O)(=O)N(CC(=O)NC1CCN(Cc2ccccc2)CC1)c1ccccc1. The van der Waals surface area contributed by atoms with Gasteiger partial charge in [-0.05, 0) is 30.5 Å². The second kappa shape index (κ2) is 10.1. The summed E-state index contributed by atoms with van der Waals surface area (Å²) in [5, 5.41) is 3.02. The van der Waals surface area contributed by atoms with E-state index in [-0.39, 0.29) is 18.5 Å². The number of hydrogen-bond donors (Lipinski definition) is 1. The van der Waals surface area contributed by atoms with Gasteiger partial charge in [0.2, 0.25) is 5.91 Å². The summed E-state index contributed by atoms with van der Waals surface area (Å²) in [6.45, 7) is 2.47. The Hall–Kier alpha value is -2.42. The number of hydrogen-bond acceptors (Lipinski definition) is 4. The van der Waals surface area contributed by atoms with E-state index in [1.807, 2.05) is 24.3 Å². The number of piperidine rings is 1. The van der Waals surface area contributed by atoms with Crippen molar-refractivity contribution in [2.75, 3.05) is 38.0 Å². The molecular formula is C22H30N4O3S. The van der Waals surface area contributed by atoms with Crippen molar-refractivity contribution in [1.29, 1.82) is 0 Å². The Morgan fingerprint density at radius 2 is 1.57 bits per heavy atom. The van der Waals surface area contributed by atoms with Gasteiger partial charge in [-0.25, -0.2) is 4.31 Å². The molecule has 1 aliphatic heterocycles. The van der Waals surface area contributed by atoms with Crippen LogP contribution in [0, 0.1) is 0 Å². The van der Waals surface area contributed by atoms with Crippen LogP contribution in [0.3, 0.4) is 0 Å². The molecule has 0 spiro atoms. The van der Waals surface area contributed by atoms with Crippen molar-refractivity contribution in [3.63, 3.8) is 0 Å². The molecule has 0 aliphatic carbocycles.